The molecule has 1 aliphatic rings. The Morgan fingerprint density at radius 1 is 1.46 bits per heavy atom. The summed E-state index contributed by atoms with van der Waals surface area (Å²) in [5.74, 6) is -0.273. The van der Waals surface area contributed by atoms with Gasteiger partial charge in [-0.3, -0.25) is 4.79 Å². The molecule has 0 radical (unpaired) electrons. The molecule has 1 N–H and O–H groups in total. The monoisotopic (exact) mass is 333 g/mol. The molecule has 128 valence electrons. The number of ether oxygens (including phenoxy) is 1. The van der Waals surface area contributed by atoms with Gasteiger partial charge in [0.25, 0.3) is 0 Å². The van der Waals surface area contributed by atoms with Gasteiger partial charge in [-0.1, -0.05) is 19.8 Å². The number of anilines is 1. The van der Waals surface area contributed by atoms with E-state index in [0.717, 1.165) is 19.3 Å². The molecular formula is C16H20FN5O2. The predicted octanol–water partition coefficient (Wildman–Crippen LogP) is 2.34. The maximum Gasteiger partial charge on any atom is 0.250 e. The highest BCUT2D eigenvalue weighted by Crippen LogP contribution is 2.25. The highest BCUT2D eigenvalue weighted by Gasteiger charge is 2.20. The van der Waals surface area contributed by atoms with E-state index in [1.54, 1.807) is 0 Å². The number of carbonyl (C=O) groups is 1. The van der Waals surface area contributed by atoms with Gasteiger partial charge >= 0.3 is 0 Å². The van der Waals surface area contributed by atoms with E-state index in [-0.39, 0.29) is 24.3 Å². The first-order valence-electron chi connectivity index (χ1n) is 8.06. The van der Waals surface area contributed by atoms with Crippen molar-refractivity contribution in [2.75, 3.05) is 11.9 Å². The third-order valence-corrected chi connectivity index (χ3v) is 4.18. The summed E-state index contributed by atoms with van der Waals surface area (Å²) in [6.07, 6.45) is 5.78. The van der Waals surface area contributed by atoms with E-state index in [9.17, 15) is 9.18 Å². The second-order valence-corrected chi connectivity index (χ2v) is 6.17. The molecule has 2 aromatic rings. The number of rotatable bonds is 5. The maximum atomic E-state index is 13.9. The van der Waals surface area contributed by atoms with E-state index in [1.807, 2.05) is 0 Å². The Morgan fingerprint density at radius 2 is 2.33 bits per heavy atom. The van der Waals surface area contributed by atoms with Gasteiger partial charge in [0.1, 0.15) is 18.8 Å². The van der Waals surface area contributed by atoms with Gasteiger partial charge in [0, 0.05) is 0 Å². The van der Waals surface area contributed by atoms with Crippen molar-refractivity contribution < 1.29 is 13.9 Å². The average molecular weight is 333 g/mol. The van der Waals surface area contributed by atoms with Crippen molar-refractivity contribution in [1.29, 1.82) is 0 Å². The second kappa shape index (κ2) is 7.48. The highest BCUT2D eigenvalue weighted by atomic mass is 19.1. The summed E-state index contributed by atoms with van der Waals surface area (Å²) in [6, 6.07) is 4.27. The summed E-state index contributed by atoms with van der Waals surface area (Å²) < 4.78 is 20.9. The Labute approximate surface area is 139 Å². The number of carbonyl (C=O) groups excluding carboxylic acids is 1. The molecule has 2 atom stereocenters. The molecule has 7 nitrogen and oxygen atoms in total. The van der Waals surface area contributed by atoms with Crippen molar-refractivity contribution in [2.24, 2.45) is 5.92 Å². The van der Waals surface area contributed by atoms with Crippen LogP contribution in [0.25, 0.3) is 5.69 Å². The minimum absolute atomic E-state index is 0.0774. The van der Waals surface area contributed by atoms with Gasteiger partial charge in [0.2, 0.25) is 5.91 Å². The lowest BCUT2D eigenvalue weighted by atomic mass is 9.89. The fourth-order valence-corrected chi connectivity index (χ4v) is 2.94. The van der Waals surface area contributed by atoms with E-state index >= 15 is 0 Å². The highest BCUT2D eigenvalue weighted by molar-refractivity contribution is 5.92. The van der Waals surface area contributed by atoms with Crippen molar-refractivity contribution in [3.63, 3.8) is 0 Å². The molecule has 1 heterocycles. The molecule has 1 fully saturated rings. The molecule has 0 bridgehead atoms. The Hall–Kier alpha value is -2.35. The Bertz CT molecular complexity index is 692. The summed E-state index contributed by atoms with van der Waals surface area (Å²) in [5, 5.41) is 13.3. The molecule has 1 aromatic heterocycles. The van der Waals surface area contributed by atoms with E-state index in [2.05, 4.69) is 27.8 Å². The van der Waals surface area contributed by atoms with E-state index in [1.165, 1.54) is 35.6 Å². The third kappa shape index (κ3) is 4.14. The number of benzene rings is 1. The normalized spacial score (nSPS) is 20.8. The topological polar surface area (TPSA) is 81.9 Å². The van der Waals surface area contributed by atoms with Crippen molar-refractivity contribution in [3.8, 4) is 5.69 Å². The first kappa shape index (κ1) is 16.5. The minimum atomic E-state index is -0.522. The van der Waals surface area contributed by atoms with Crippen LogP contribution in [0.4, 0.5) is 10.1 Å². The maximum absolute atomic E-state index is 13.9. The van der Waals surface area contributed by atoms with Crippen LogP contribution in [0.2, 0.25) is 0 Å². The molecule has 1 saturated carbocycles. The fraction of sp³-hybridized carbons (Fsp3) is 0.500. The Morgan fingerprint density at radius 3 is 3.08 bits per heavy atom. The Balaban J connectivity index is 1.58. The van der Waals surface area contributed by atoms with Crippen LogP contribution in [0, 0.1) is 11.7 Å². The van der Waals surface area contributed by atoms with E-state index in [0.29, 0.717) is 11.6 Å². The van der Waals surface area contributed by atoms with Gasteiger partial charge < -0.3 is 10.1 Å². The standard InChI is InChI=1S/C16H20FN5O2/c1-11-3-2-4-13(7-11)24-9-16(23)19-15-8-12(5-6-14(15)17)22-10-18-20-21-22/h5-6,8,10-11,13H,2-4,7,9H2,1H3,(H,19,23)/t11-,13+/m0/s1. The summed E-state index contributed by atoms with van der Waals surface area (Å²) >= 11 is 0. The van der Waals surface area contributed by atoms with Crippen molar-refractivity contribution >= 4 is 11.6 Å². The zero-order valence-electron chi connectivity index (χ0n) is 13.5. The van der Waals surface area contributed by atoms with Gasteiger partial charge in [-0.15, -0.1) is 5.10 Å². The van der Waals surface area contributed by atoms with Crippen LogP contribution in [0.1, 0.15) is 32.6 Å². The number of hydrogen-bond donors (Lipinski definition) is 1. The molecule has 1 aromatic carbocycles. The number of amides is 1. The van der Waals surface area contributed by atoms with Gasteiger partial charge in [-0.25, -0.2) is 9.07 Å². The van der Waals surface area contributed by atoms with Gasteiger partial charge in [0.05, 0.1) is 17.5 Å². The third-order valence-electron chi connectivity index (χ3n) is 4.18. The number of halogens is 1. The van der Waals surface area contributed by atoms with Crippen LogP contribution in [0.15, 0.2) is 24.5 Å². The number of tetrazole rings is 1. The van der Waals surface area contributed by atoms with Crippen molar-refractivity contribution in [2.45, 2.75) is 38.7 Å². The molecule has 1 aliphatic carbocycles. The van der Waals surface area contributed by atoms with E-state index in [4.69, 9.17) is 4.74 Å². The zero-order chi connectivity index (χ0) is 16.9. The average Bonchev–Trinajstić information content (AvgIpc) is 3.10. The molecule has 0 saturated heterocycles. The molecule has 0 spiro atoms. The number of nitrogens with one attached hydrogen (secondary N) is 1. The van der Waals surface area contributed by atoms with Crippen molar-refractivity contribution in [1.82, 2.24) is 20.2 Å². The molecule has 3 rings (SSSR count). The molecule has 24 heavy (non-hydrogen) atoms. The first-order chi connectivity index (χ1) is 11.6. The van der Waals surface area contributed by atoms with Gasteiger partial charge in [-0.2, -0.15) is 0 Å². The molecule has 8 heteroatoms. The first-order valence-corrected chi connectivity index (χ1v) is 8.06. The van der Waals surface area contributed by atoms with Crippen LogP contribution >= 0.6 is 0 Å². The summed E-state index contributed by atoms with van der Waals surface area (Å²) in [4.78, 5) is 12.0. The SMILES string of the molecule is C[C@H]1CCC[C@@H](OCC(=O)Nc2cc(-n3cnnn3)ccc2F)C1. The van der Waals surface area contributed by atoms with Crippen LogP contribution in [0.5, 0.6) is 0 Å². The predicted molar refractivity (Wildman–Crippen MR) is 85.1 cm³/mol. The molecule has 1 amide bonds. The van der Waals surface area contributed by atoms with Gasteiger partial charge in [-0.05, 0) is 47.4 Å². The lowest BCUT2D eigenvalue weighted by Crippen LogP contribution is -2.27. The zero-order valence-corrected chi connectivity index (χ0v) is 13.5. The smallest absolute Gasteiger partial charge is 0.250 e. The number of hydrogen-bond acceptors (Lipinski definition) is 5. The van der Waals surface area contributed by atoms with Gasteiger partial charge in [0.15, 0.2) is 0 Å². The minimum Gasteiger partial charge on any atom is -0.368 e. The largest absolute Gasteiger partial charge is 0.368 e. The number of aromatic nitrogens is 4. The van der Waals surface area contributed by atoms with Crippen LogP contribution < -0.4 is 5.32 Å². The fourth-order valence-electron chi connectivity index (χ4n) is 2.94. The summed E-state index contributed by atoms with van der Waals surface area (Å²) in [7, 11) is 0. The molecular weight excluding hydrogens is 313 g/mol. The summed E-state index contributed by atoms with van der Waals surface area (Å²) in [6.45, 7) is 2.11. The quantitative estimate of drug-likeness (QED) is 0.908. The van der Waals surface area contributed by atoms with E-state index < -0.39 is 5.82 Å². The second-order valence-electron chi connectivity index (χ2n) is 6.17. The molecule has 0 unspecified atom stereocenters. The molecule has 0 aliphatic heterocycles. The van der Waals surface area contributed by atoms with Crippen molar-refractivity contribution in [3.05, 3.63) is 30.3 Å². The lowest BCUT2D eigenvalue weighted by Gasteiger charge is -2.26. The van der Waals surface area contributed by atoms with Crippen LogP contribution in [0.3, 0.4) is 0 Å². The Kier molecular flexibility index (Phi) is 5.14. The number of nitrogens with zero attached hydrogens (tertiary/aromatic N) is 4. The lowest BCUT2D eigenvalue weighted by molar-refractivity contribution is -0.123. The van der Waals surface area contributed by atoms with Crippen LogP contribution in [-0.2, 0) is 9.53 Å². The summed E-state index contributed by atoms with van der Waals surface area (Å²) in [5.41, 5.74) is 0.632. The van der Waals surface area contributed by atoms with Crippen LogP contribution in [-0.4, -0.2) is 38.8 Å².